The molecule has 0 bridgehead atoms. The quantitative estimate of drug-likeness (QED) is 0.416. The summed E-state index contributed by atoms with van der Waals surface area (Å²) in [6, 6.07) is 8.20. The Bertz CT molecular complexity index is 552. The summed E-state index contributed by atoms with van der Waals surface area (Å²) in [6.45, 7) is 8.94. The van der Waals surface area contributed by atoms with E-state index in [1.165, 1.54) is 0 Å². The first kappa shape index (κ1) is 19.5. The number of carbonyl (C=O) groups excluding carboxylic acids is 1. The lowest BCUT2D eigenvalue weighted by Gasteiger charge is -2.20. The van der Waals surface area contributed by atoms with Crippen LogP contribution in [-0.4, -0.2) is 32.0 Å². The number of hydrogen-bond acceptors (Lipinski definition) is 2. The van der Waals surface area contributed by atoms with E-state index in [9.17, 15) is 4.79 Å². The number of rotatable bonds is 5. The zero-order valence-corrected chi connectivity index (χ0v) is 16.1. The largest absolute Gasteiger partial charge is 0.355 e. The van der Waals surface area contributed by atoms with Crippen molar-refractivity contribution in [3.63, 3.8) is 0 Å². The number of nitrogens with one attached hydrogen (secondary N) is 3. The molecule has 5 nitrogen and oxygen atoms in total. The third-order valence-electron chi connectivity index (χ3n) is 3.33. The van der Waals surface area contributed by atoms with Gasteiger partial charge < -0.3 is 16.0 Å². The van der Waals surface area contributed by atoms with Crippen molar-refractivity contribution in [3.8, 4) is 0 Å². The maximum absolute atomic E-state index is 11.8. The third-order valence-corrected chi connectivity index (χ3v) is 4.05. The molecule has 0 aliphatic heterocycles. The number of amides is 1. The van der Waals surface area contributed by atoms with Crippen LogP contribution < -0.4 is 16.0 Å². The molecular weight excluding hydrogens is 356 g/mol. The van der Waals surface area contributed by atoms with Gasteiger partial charge in [0.25, 0.3) is 0 Å². The van der Waals surface area contributed by atoms with E-state index >= 15 is 0 Å². The third kappa shape index (κ3) is 6.60. The zero-order valence-electron chi connectivity index (χ0n) is 14.5. The minimum Gasteiger partial charge on any atom is -0.355 e. The van der Waals surface area contributed by atoms with Gasteiger partial charge in [-0.3, -0.25) is 9.79 Å². The monoisotopic (exact) mass is 382 g/mol. The molecule has 0 saturated heterocycles. The molecule has 1 amide bonds. The predicted octanol–water partition coefficient (Wildman–Crippen LogP) is 2.84. The lowest BCUT2D eigenvalue weighted by atomic mass is 9.96. The first-order valence-electron chi connectivity index (χ1n) is 7.75. The number of nitrogens with zero attached hydrogens (tertiary/aromatic N) is 1. The van der Waals surface area contributed by atoms with Crippen LogP contribution in [0.1, 0.15) is 39.3 Å². The summed E-state index contributed by atoms with van der Waals surface area (Å²) >= 11 is 3.56. The van der Waals surface area contributed by atoms with Crippen LogP contribution in [0.15, 0.2) is 33.7 Å². The lowest BCUT2D eigenvalue weighted by molar-refractivity contribution is -0.128. The fraction of sp³-hybridized carbons (Fsp3) is 0.529. The van der Waals surface area contributed by atoms with Crippen LogP contribution in [0, 0.1) is 5.41 Å². The molecule has 0 saturated carbocycles. The maximum atomic E-state index is 11.8. The lowest BCUT2D eigenvalue weighted by Crippen LogP contribution is -2.44. The predicted molar refractivity (Wildman–Crippen MR) is 99.5 cm³/mol. The average Bonchev–Trinajstić information content (AvgIpc) is 2.49. The molecule has 1 aromatic rings. The number of halogens is 1. The van der Waals surface area contributed by atoms with E-state index < -0.39 is 0 Å². The van der Waals surface area contributed by atoms with Gasteiger partial charge in [-0.2, -0.15) is 0 Å². The van der Waals surface area contributed by atoms with Gasteiger partial charge in [0.05, 0.1) is 6.04 Å². The fourth-order valence-electron chi connectivity index (χ4n) is 1.93. The Hall–Kier alpha value is -1.56. The van der Waals surface area contributed by atoms with Crippen LogP contribution in [0.3, 0.4) is 0 Å². The molecular formula is C17H27BrN4O. The molecule has 6 heteroatoms. The molecule has 1 rings (SSSR count). The second-order valence-corrected chi connectivity index (χ2v) is 7.25. The summed E-state index contributed by atoms with van der Waals surface area (Å²) in [7, 11) is 1.73. The van der Waals surface area contributed by atoms with Crippen molar-refractivity contribution in [3.05, 3.63) is 34.3 Å². The molecule has 0 aliphatic rings. The molecule has 3 N–H and O–H groups in total. The summed E-state index contributed by atoms with van der Waals surface area (Å²) in [5, 5.41) is 9.45. The Kier molecular flexibility index (Phi) is 7.55. The SMILES string of the molecule is CN=C(NCCNC(=O)C(C)(C)C)NC(C)c1ccccc1Br. The highest BCUT2D eigenvalue weighted by Crippen LogP contribution is 2.22. The van der Waals surface area contributed by atoms with E-state index in [0.717, 1.165) is 10.0 Å². The second kappa shape index (κ2) is 8.91. The van der Waals surface area contributed by atoms with Crippen molar-refractivity contribution < 1.29 is 4.79 Å². The first-order valence-corrected chi connectivity index (χ1v) is 8.55. The van der Waals surface area contributed by atoms with Crippen LogP contribution >= 0.6 is 15.9 Å². The van der Waals surface area contributed by atoms with E-state index in [1.807, 2.05) is 39.0 Å². The molecule has 1 aromatic carbocycles. The van der Waals surface area contributed by atoms with Gasteiger partial charge in [-0.15, -0.1) is 0 Å². The summed E-state index contributed by atoms with van der Waals surface area (Å²) in [4.78, 5) is 16.0. The first-order chi connectivity index (χ1) is 10.8. The Morgan fingerprint density at radius 1 is 1.22 bits per heavy atom. The van der Waals surface area contributed by atoms with Gasteiger partial charge in [0, 0.05) is 30.0 Å². The molecule has 128 valence electrons. The van der Waals surface area contributed by atoms with E-state index in [-0.39, 0.29) is 17.4 Å². The van der Waals surface area contributed by atoms with E-state index in [0.29, 0.717) is 19.0 Å². The van der Waals surface area contributed by atoms with Gasteiger partial charge in [0.15, 0.2) is 5.96 Å². The molecule has 0 aliphatic carbocycles. The highest BCUT2D eigenvalue weighted by atomic mass is 79.9. The number of hydrogen-bond donors (Lipinski definition) is 3. The Labute approximate surface area is 147 Å². The van der Waals surface area contributed by atoms with Crippen molar-refractivity contribution >= 4 is 27.8 Å². The molecule has 0 fully saturated rings. The molecule has 23 heavy (non-hydrogen) atoms. The Balaban J connectivity index is 2.44. The topological polar surface area (TPSA) is 65.5 Å². The molecule has 0 spiro atoms. The molecule has 0 radical (unpaired) electrons. The van der Waals surface area contributed by atoms with E-state index in [1.54, 1.807) is 7.05 Å². The van der Waals surface area contributed by atoms with Crippen molar-refractivity contribution in [2.24, 2.45) is 10.4 Å². The van der Waals surface area contributed by atoms with Crippen LogP contribution in [0.5, 0.6) is 0 Å². The maximum Gasteiger partial charge on any atom is 0.225 e. The van der Waals surface area contributed by atoms with Gasteiger partial charge in [-0.25, -0.2) is 0 Å². The van der Waals surface area contributed by atoms with Gasteiger partial charge in [-0.1, -0.05) is 54.9 Å². The normalized spacial score (nSPS) is 13.4. The van der Waals surface area contributed by atoms with Gasteiger partial charge >= 0.3 is 0 Å². The number of benzene rings is 1. The summed E-state index contributed by atoms with van der Waals surface area (Å²) in [5.74, 6) is 0.752. The smallest absolute Gasteiger partial charge is 0.225 e. The van der Waals surface area contributed by atoms with Crippen LogP contribution in [0.4, 0.5) is 0 Å². The van der Waals surface area contributed by atoms with Crippen LogP contribution in [0.2, 0.25) is 0 Å². The minimum absolute atomic E-state index is 0.0452. The van der Waals surface area contributed by atoms with Crippen molar-refractivity contribution in [2.45, 2.75) is 33.7 Å². The highest BCUT2D eigenvalue weighted by molar-refractivity contribution is 9.10. The summed E-state index contributed by atoms with van der Waals surface area (Å²) in [5.41, 5.74) is 0.796. The number of guanidine groups is 1. The van der Waals surface area contributed by atoms with Gasteiger partial charge in [-0.05, 0) is 18.6 Å². The molecule has 1 unspecified atom stereocenters. The van der Waals surface area contributed by atoms with Crippen molar-refractivity contribution in [2.75, 3.05) is 20.1 Å². The van der Waals surface area contributed by atoms with Gasteiger partial charge in [0.2, 0.25) is 5.91 Å². The average molecular weight is 383 g/mol. The molecule has 0 aromatic heterocycles. The Morgan fingerprint density at radius 2 is 1.83 bits per heavy atom. The van der Waals surface area contributed by atoms with Crippen molar-refractivity contribution in [1.82, 2.24) is 16.0 Å². The summed E-state index contributed by atoms with van der Waals surface area (Å²) < 4.78 is 1.06. The second-order valence-electron chi connectivity index (χ2n) is 6.39. The summed E-state index contributed by atoms with van der Waals surface area (Å²) in [6.07, 6.45) is 0. The van der Waals surface area contributed by atoms with E-state index in [2.05, 4.69) is 49.9 Å². The Morgan fingerprint density at radius 3 is 2.39 bits per heavy atom. The standard InChI is InChI=1S/C17H27BrN4O/c1-12(13-8-6-7-9-14(13)18)22-16(19-5)21-11-10-20-15(23)17(2,3)4/h6-9,12H,10-11H2,1-5H3,(H,20,23)(H2,19,21,22). The highest BCUT2D eigenvalue weighted by Gasteiger charge is 2.20. The minimum atomic E-state index is -0.367. The molecule has 0 heterocycles. The fourth-order valence-corrected chi connectivity index (χ4v) is 2.55. The van der Waals surface area contributed by atoms with Crippen molar-refractivity contribution in [1.29, 1.82) is 0 Å². The number of aliphatic imine (C=N–C) groups is 1. The molecule has 1 atom stereocenters. The number of carbonyl (C=O) groups is 1. The van der Waals surface area contributed by atoms with Gasteiger partial charge in [0.1, 0.15) is 0 Å². The van der Waals surface area contributed by atoms with E-state index in [4.69, 9.17) is 0 Å². The van der Waals surface area contributed by atoms with Crippen LogP contribution in [-0.2, 0) is 4.79 Å². The van der Waals surface area contributed by atoms with Crippen LogP contribution in [0.25, 0.3) is 0 Å². The zero-order chi connectivity index (χ0) is 17.5.